The molecule has 0 bridgehead atoms. The Hall–Kier alpha value is -3.04. The second-order valence-corrected chi connectivity index (χ2v) is 5.65. The van der Waals surface area contributed by atoms with E-state index >= 15 is 0 Å². The molecule has 152 valence electrons. The van der Waals surface area contributed by atoms with Crippen LogP contribution >= 0.6 is 0 Å². The van der Waals surface area contributed by atoms with Gasteiger partial charge in [-0.1, -0.05) is 6.07 Å². The van der Waals surface area contributed by atoms with E-state index in [0.29, 0.717) is 11.8 Å². The van der Waals surface area contributed by atoms with Crippen molar-refractivity contribution >= 4 is 17.7 Å². The number of benzene rings is 1. The number of furan rings is 1. The lowest BCUT2D eigenvalue weighted by Gasteiger charge is -2.22. The predicted molar refractivity (Wildman–Crippen MR) is 90.8 cm³/mol. The van der Waals surface area contributed by atoms with Crippen LogP contribution in [0.4, 0.5) is 28.0 Å². The van der Waals surface area contributed by atoms with Gasteiger partial charge in [0.05, 0.1) is 37.1 Å². The van der Waals surface area contributed by atoms with Crippen molar-refractivity contribution in [1.82, 2.24) is 4.90 Å². The van der Waals surface area contributed by atoms with Crippen molar-refractivity contribution < 1.29 is 36.3 Å². The fraction of sp³-hybridized carbons (Fsp3) is 0.333. The van der Waals surface area contributed by atoms with Crippen molar-refractivity contribution in [2.75, 3.05) is 18.5 Å². The molecule has 0 aliphatic carbocycles. The number of nitrogens with one attached hydrogen (secondary N) is 1. The Balaban J connectivity index is 2.16. The van der Waals surface area contributed by atoms with E-state index < -0.39 is 35.2 Å². The fourth-order valence-corrected chi connectivity index (χ4v) is 2.34. The van der Waals surface area contributed by atoms with E-state index in [1.807, 2.05) is 0 Å². The summed E-state index contributed by atoms with van der Waals surface area (Å²) in [6.07, 6.45) is -3.67. The van der Waals surface area contributed by atoms with Crippen molar-refractivity contribution in [2.45, 2.75) is 26.1 Å². The molecule has 0 aliphatic heterocycles. The van der Waals surface area contributed by atoms with Gasteiger partial charge in [-0.3, -0.25) is 4.79 Å². The first-order valence-electron chi connectivity index (χ1n) is 8.32. The third-order valence-corrected chi connectivity index (χ3v) is 3.65. The van der Waals surface area contributed by atoms with E-state index in [1.54, 1.807) is 19.1 Å². The monoisotopic (exact) mass is 402 g/mol. The summed E-state index contributed by atoms with van der Waals surface area (Å²) < 4.78 is 62.6. The van der Waals surface area contributed by atoms with Crippen LogP contribution in [0.1, 0.15) is 24.7 Å². The minimum Gasteiger partial charge on any atom is -0.467 e. The van der Waals surface area contributed by atoms with Gasteiger partial charge in [0.25, 0.3) is 0 Å². The lowest BCUT2D eigenvalue weighted by atomic mass is 10.2. The zero-order chi connectivity index (χ0) is 20.7. The molecule has 1 heterocycles. The van der Waals surface area contributed by atoms with E-state index in [4.69, 9.17) is 9.15 Å². The summed E-state index contributed by atoms with van der Waals surface area (Å²) in [5.74, 6) is -1.76. The van der Waals surface area contributed by atoms with E-state index in [9.17, 15) is 27.2 Å². The summed E-state index contributed by atoms with van der Waals surface area (Å²) in [5.41, 5.74) is -2.12. The number of hydrogen-bond donors (Lipinski definition) is 1. The van der Waals surface area contributed by atoms with Gasteiger partial charge in [-0.15, -0.1) is 0 Å². The Labute approximate surface area is 158 Å². The van der Waals surface area contributed by atoms with E-state index in [2.05, 4.69) is 5.32 Å². The number of nitrogens with zero attached hydrogens (tertiary/aromatic N) is 1. The Morgan fingerprint density at radius 2 is 1.96 bits per heavy atom. The fourth-order valence-electron chi connectivity index (χ4n) is 2.34. The average molecular weight is 402 g/mol. The Bertz CT molecular complexity index is 806. The number of alkyl halides is 3. The second-order valence-electron chi connectivity index (χ2n) is 5.65. The minimum atomic E-state index is -4.90. The second kappa shape index (κ2) is 9.25. The summed E-state index contributed by atoms with van der Waals surface area (Å²) in [7, 11) is 0. The number of esters is 1. The number of ether oxygens (including phenoxy) is 1. The molecule has 1 aromatic carbocycles. The van der Waals surface area contributed by atoms with Crippen LogP contribution in [0.3, 0.4) is 0 Å². The summed E-state index contributed by atoms with van der Waals surface area (Å²) >= 11 is 0. The van der Waals surface area contributed by atoms with Crippen molar-refractivity contribution in [3.63, 3.8) is 0 Å². The lowest BCUT2D eigenvalue weighted by Crippen LogP contribution is -2.36. The molecule has 0 fully saturated rings. The van der Waals surface area contributed by atoms with E-state index in [1.165, 1.54) is 6.26 Å². The van der Waals surface area contributed by atoms with Gasteiger partial charge in [-0.25, -0.2) is 9.18 Å². The number of carbonyl (C=O) groups excluding carboxylic acids is 2. The van der Waals surface area contributed by atoms with Crippen molar-refractivity contribution in [2.24, 2.45) is 0 Å². The van der Waals surface area contributed by atoms with Crippen LogP contribution in [0.5, 0.6) is 0 Å². The van der Waals surface area contributed by atoms with Gasteiger partial charge >= 0.3 is 18.2 Å². The molecule has 0 aliphatic rings. The Kier molecular flexibility index (Phi) is 7.02. The van der Waals surface area contributed by atoms with Gasteiger partial charge in [0.15, 0.2) is 5.82 Å². The highest BCUT2D eigenvalue weighted by Crippen LogP contribution is 2.34. The maximum absolute atomic E-state index is 14.1. The number of rotatable bonds is 7. The molecule has 10 heteroatoms. The van der Waals surface area contributed by atoms with Gasteiger partial charge in [0.1, 0.15) is 5.76 Å². The molecular formula is C18H18F4N2O4. The molecular weight excluding hydrogens is 384 g/mol. The van der Waals surface area contributed by atoms with Crippen LogP contribution in [0, 0.1) is 5.82 Å². The summed E-state index contributed by atoms with van der Waals surface area (Å²) in [5, 5.41) is 2.11. The molecule has 2 aromatic rings. The zero-order valence-electron chi connectivity index (χ0n) is 14.9. The van der Waals surface area contributed by atoms with Crippen LogP contribution in [-0.4, -0.2) is 30.1 Å². The zero-order valence-corrected chi connectivity index (χ0v) is 14.9. The molecule has 28 heavy (non-hydrogen) atoms. The quantitative estimate of drug-likeness (QED) is 0.550. The topological polar surface area (TPSA) is 71.8 Å². The molecule has 1 N–H and O–H groups in total. The van der Waals surface area contributed by atoms with Crippen LogP contribution in [0.25, 0.3) is 0 Å². The molecule has 2 amide bonds. The molecule has 0 spiro atoms. The Morgan fingerprint density at radius 3 is 2.57 bits per heavy atom. The van der Waals surface area contributed by atoms with Gasteiger partial charge in [0.2, 0.25) is 0 Å². The third-order valence-electron chi connectivity index (χ3n) is 3.65. The van der Waals surface area contributed by atoms with Crippen molar-refractivity contribution in [3.8, 4) is 0 Å². The number of anilines is 1. The molecule has 6 nitrogen and oxygen atoms in total. The molecule has 1 aromatic heterocycles. The standard InChI is InChI=1S/C18H18F4N2O4/c1-2-27-15(25)8-9-24(11-12-5-4-10-28-12)17(26)23-14-7-3-6-13(16(14)19)18(20,21)22/h3-7,10H,2,8-9,11H2,1H3,(H,23,26). The van der Waals surface area contributed by atoms with Crippen molar-refractivity contribution in [1.29, 1.82) is 0 Å². The molecule has 0 radical (unpaired) electrons. The van der Waals surface area contributed by atoms with Gasteiger partial charge in [-0.05, 0) is 31.2 Å². The molecule has 0 atom stereocenters. The number of urea groups is 1. The van der Waals surface area contributed by atoms with Crippen molar-refractivity contribution in [3.05, 3.63) is 53.7 Å². The highest BCUT2D eigenvalue weighted by atomic mass is 19.4. The first-order valence-corrected chi connectivity index (χ1v) is 8.32. The maximum Gasteiger partial charge on any atom is 0.419 e. The third kappa shape index (κ3) is 5.73. The number of halogens is 4. The van der Waals surface area contributed by atoms with Gasteiger partial charge in [0, 0.05) is 6.54 Å². The molecule has 0 saturated heterocycles. The van der Waals surface area contributed by atoms with Crippen LogP contribution in [0.2, 0.25) is 0 Å². The summed E-state index contributed by atoms with van der Waals surface area (Å²) in [6, 6.07) is 4.85. The van der Waals surface area contributed by atoms with E-state index in [-0.39, 0.29) is 26.1 Å². The number of carbonyl (C=O) groups is 2. The Morgan fingerprint density at radius 1 is 1.21 bits per heavy atom. The SMILES string of the molecule is CCOC(=O)CCN(Cc1ccco1)C(=O)Nc1cccc(C(F)(F)F)c1F. The summed E-state index contributed by atoms with van der Waals surface area (Å²) in [6.45, 7) is 1.62. The molecule has 0 unspecified atom stereocenters. The lowest BCUT2D eigenvalue weighted by molar-refractivity contribution is -0.143. The smallest absolute Gasteiger partial charge is 0.419 e. The van der Waals surface area contributed by atoms with Gasteiger partial charge < -0.3 is 19.4 Å². The largest absolute Gasteiger partial charge is 0.467 e. The first-order chi connectivity index (χ1) is 13.2. The number of hydrogen-bond acceptors (Lipinski definition) is 4. The normalized spacial score (nSPS) is 11.2. The first kappa shape index (κ1) is 21.3. The van der Waals surface area contributed by atoms with Crippen LogP contribution in [-0.2, 0) is 22.3 Å². The van der Waals surface area contributed by atoms with E-state index in [0.717, 1.165) is 17.0 Å². The average Bonchev–Trinajstić information content (AvgIpc) is 3.12. The maximum atomic E-state index is 14.1. The van der Waals surface area contributed by atoms with Gasteiger partial charge in [-0.2, -0.15) is 13.2 Å². The summed E-state index contributed by atoms with van der Waals surface area (Å²) in [4.78, 5) is 25.2. The highest BCUT2D eigenvalue weighted by molar-refractivity contribution is 5.89. The molecule has 2 rings (SSSR count). The van der Waals surface area contributed by atoms with Crippen LogP contribution in [0.15, 0.2) is 41.0 Å². The molecule has 0 saturated carbocycles. The minimum absolute atomic E-state index is 0.0706. The van der Waals surface area contributed by atoms with Crippen LogP contribution < -0.4 is 5.32 Å². The number of amides is 2. The highest BCUT2D eigenvalue weighted by Gasteiger charge is 2.35. The predicted octanol–water partition coefficient (Wildman–Crippen LogP) is 4.42.